The Hall–Kier alpha value is -1.58. The number of amides is 1. The van der Waals surface area contributed by atoms with Crippen LogP contribution in [0.2, 0.25) is 0 Å². The summed E-state index contributed by atoms with van der Waals surface area (Å²) in [6.45, 7) is 5.72. The lowest BCUT2D eigenvalue weighted by Crippen LogP contribution is -2.42. The van der Waals surface area contributed by atoms with Crippen molar-refractivity contribution >= 4 is 11.6 Å². The molecule has 1 fully saturated rings. The van der Waals surface area contributed by atoms with Crippen molar-refractivity contribution in [2.24, 2.45) is 11.8 Å². The second-order valence-corrected chi connectivity index (χ2v) is 5.23. The number of anilines is 1. The monoisotopic (exact) mass is 250 g/mol. The lowest BCUT2D eigenvalue weighted by atomic mass is 9.88. The summed E-state index contributed by atoms with van der Waals surface area (Å²) in [6, 6.07) is 4.23. The molecule has 0 bridgehead atoms. The molecule has 1 amide bonds. The number of carbonyl (C=O) groups excluding carboxylic acids is 1. The first-order valence-corrected chi connectivity index (χ1v) is 6.33. The van der Waals surface area contributed by atoms with E-state index < -0.39 is 5.82 Å². The van der Waals surface area contributed by atoms with Crippen molar-refractivity contribution < 1.29 is 9.18 Å². The van der Waals surface area contributed by atoms with Crippen LogP contribution in [0.25, 0.3) is 0 Å². The number of halogens is 1. The third-order valence-electron chi connectivity index (χ3n) is 3.84. The molecule has 2 atom stereocenters. The maximum Gasteiger partial charge on any atom is 0.256 e. The molecular weight excluding hydrogens is 231 g/mol. The maximum absolute atomic E-state index is 13.7. The average Bonchev–Trinajstić information content (AvgIpc) is 2.32. The third kappa shape index (κ3) is 2.47. The van der Waals surface area contributed by atoms with Gasteiger partial charge in [0.2, 0.25) is 0 Å². The summed E-state index contributed by atoms with van der Waals surface area (Å²) >= 11 is 0. The van der Waals surface area contributed by atoms with Crippen molar-refractivity contribution in [1.29, 1.82) is 0 Å². The Morgan fingerprint density at radius 3 is 2.72 bits per heavy atom. The van der Waals surface area contributed by atoms with E-state index in [1.54, 1.807) is 11.0 Å². The van der Waals surface area contributed by atoms with Crippen LogP contribution in [0.4, 0.5) is 10.1 Å². The smallest absolute Gasteiger partial charge is 0.256 e. The Morgan fingerprint density at radius 1 is 1.39 bits per heavy atom. The van der Waals surface area contributed by atoms with Gasteiger partial charge in [0.05, 0.1) is 5.56 Å². The van der Waals surface area contributed by atoms with Gasteiger partial charge < -0.3 is 10.6 Å². The number of likely N-dealkylation sites (tertiary alicyclic amines) is 1. The molecule has 1 aromatic carbocycles. The molecule has 1 aromatic rings. The highest BCUT2D eigenvalue weighted by atomic mass is 19.1. The van der Waals surface area contributed by atoms with E-state index in [-0.39, 0.29) is 11.5 Å². The molecule has 2 N–H and O–H groups in total. The van der Waals surface area contributed by atoms with Crippen LogP contribution in [-0.4, -0.2) is 23.9 Å². The van der Waals surface area contributed by atoms with Gasteiger partial charge in [0.1, 0.15) is 5.82 Å². The Morgan fingerprint density at radius 2 is 2.11 bits per heavy atom. The number of nitrogens with zero attached hydrogens (tertiary/aromatic N) is 1. The number of piperidine rings is 1. The fraction of sp³-hybridized carbons (Fsp3) is 0.500. The van der Waals surface area contributed by atoms with Crippen molar-refractivity contribution in [3.63, 3.8) is 0 Å². The summed E-state index contributed by atoms with van der Waals surface area (Å²) < 4.78 is 13.7. The fourth-order valence-electron chi connectivity index (χ4n) is 2.32. The van der Waals surface area contributed by atoms with E-state index in [2.05, 4.69) is 13.8 Å². The molecule has 98 valence electrons. The second-order valence-electron chi connectivity index (χ2n) is 5.23. The zero-order chi connectivity index (χ0) is 13.3. The van der Waals surface area contributed by atoms with E-state index in [4.69, 9.17) is 5.73 Å². The molecule has 0 radical (unpaired) electrons. The van der Waals surface area contributed by atoms with Gasteiger partial charge in [-0.25, -0.2) is 4.39 Å². The molecule has 0 saturated carbocycles. The molecule has 1 aliphatic rings. The largest absolute Gasteiger partial charge is 0.399 e. The lowest BCUT2D eigenvalue weighted by Gasteiger charge is -2.35. The maximum atomic E-state index is 13.7. The first kappa shape index (κ1) is 12.9. The topological polar surface area (TPSA) is 46.3 Å². The number of hydrogen-bond acceptors (Lipinski definition) is 2. The van der Waals surface area contributed by atoms with Crippen LogP contribution in [0, 0.1) is 17.7 Å². The quantitative estimate of drug-likeness (QED) is 0.778. The highest BCUT2D eigenvalue weighted by Gasteiger charge is 2.27. The zero-order valence-corrected chi connectivity index (χ0v) is 10.8. The minimum absolute atomic E-state index is 0.117. The van der Waals surface area contributed by atoms with E-state index in [9.17, 15) is 9.18 Å². The van der Waals surface area contributed by atoms with Gasteiger partial charge >= 0.3 is 0 Å². The number of carbonyl (C=O) groups is 1. The molecular formula is C14H19FN2O. The van der Waals surface area contributed by atoms with Gasteiger partial charge in [0, 0.05) is 18.8 Å². The van der Waals surface area contributed by atoms with E-state index in [0.29, 0.717) is 30.6 Å². The number of nitrogen functional groups attached to an aromatic ring is 1. The highest BCUT2D eigenvalue weighted by Crippen LogP contribution is 2.24. The summed E-state index contributed by atoms with van der Waals surface area (Å²) in [6.07, 6.45) is 0.976. The van der Waals surface area contributed by atoms with Crippen molar-refractivity contribution in [1.82, 2.24) is 4.90 Å². The van der Waals surface area contributed by atoms with Crippen molar-refractivity contribution in [2.75, 3.05) is 18.8 Å². The summed E-state index contributed by atoms with van der Waals surface area (Å²) in [5.41, 5.74) is 5.94. The van der Waals surface area contributed by atoms with Crippen LogP contribution in [0.15, 0.2) is 18.2 Å². The molecule has 0 aromatic heterocycles. The third-order valence-corrected chi connectivity index (χ3v) is 3.84. The number of benzene rings is 1. The summed E-state index contributed by atoms with van der Waals surface area (Å²) in [5.74, 6) is 0.308. The van der Waals surface area contributed by atoms with Gasteiger partial charge in [-0.3, -0.25) is 4.79 Å². The van der Waals surface area contributed by atoms with Crippen LogP contribution < -0.4 is 5.73 Å². The molecule has 0 spiro atoms. The standard InChI is InChI=1S/C14H19FN2O/c1-9-5-6-17(8-10(9)2)14(18)12-4-3-11(16)7-13(12)15/h3-4,7,9-10H,5-6,8,16H2,1-2H3. The highest BCUT2D eigenvalue weighted by molar-refractivity contribution is 5.94. The van der Waals surface area contributed by atoms with Crippen molar-refractivity contribution in [3.05, 3.63) is 29.6 Å². The fourth-order valence-corrected chi connectivity index (χ4v) is 2.32. The average molecular weight is 250 g/mol. The van der Waals surface area contributed by atoms with E-state index in [0.717, 1.165) is 6.42 Å². The number of nitrogens with two attached hydrogens (primary N) is 1. The second kappa shape index (κ2) is 4.96. The SMILES string of the molecule is CC1CCN(C(=O)c2ccc(N)cc2F)CC1C. The Bertz CT molecular complexity index is 461. The Labute approximate surface area is 107 Å². The molecule has 0 aliphatic carbocycles. The van der Waals surface area contributed by atoms with Gasteiger partial charge in [0.15, 0.2) is 0 Å². The van der Waals surface area contributed by atoms with E-state index in [1.165, 1.54) is 12.1 Å². The van der Waals surface area contributed by atoms with Crippen molar-refractivity contribution in [2.45, 2.75) is 20.3 Å². The first-order chi connectivity index (χ1) is 8.49. The zero-order valence-electron chi connectivity index (χ0n) is 10.8. The Kier molecular flexibility index (Phi) is 3.55. The van der Waals surface area contributed by atoms with Gasteiger partial charge in [-0.1, -0.05) is 13.8 Å². The van der Waals surface area contributed by atoms with Crippen molar-refractivity contribution in [3.8, 4) is 0 Å². The predicted molar refractivity (Wildman–Crippen MR) is 69.7 cm³/mol. The van der Waals surface area contributed by atoms with E-state index in [1.807, 2.05) is 0 Å². The molecule has 2 rings (SSSR count). The molecule has 1 heterocycles. The molecule has 1 aliphatic heterocycles. The Balaban J connectivity index is 2.16. The molecule has 3 nitrogen and oxygen atoms in total. The van der Waals surface area contributed by atoms with Gasteiger partial charge in [-0.2, -0.15) is 0 Å². The van der Waals surface area contributed by atoms with Gasteiger partial charge in [-0.05, 0) is 36.5 Å². The number of rotatable bonds is 1. The minimum Gasteiger partial charge on any atom is -0.399 e. The van der Waals surface area contributed by atoms with Gasteiger partial charge in [-0.15, -0.1) is 0 Å². The van der Waals surface area contributed by atoms with Crippen LogP contribution >= 0.6 is 0 Å². The normalized spacial score (nSPS) is 24.1. The van der Waals surface area contributed by atoms with Gasteiger partial charge in [0.25, 0.3) is 5.91 Å². The van der Waals surface area contributed by atoms with E-state index >= 15 is 0 Å². The first-order valence-electron chi connectivity index (χ1n) is 6.33. The lowest BCUT2D eigenvalue weighted by molar-refractivity contribution is 0.0623. The molecule has 1 saturated heterocycles. The van der Waals surface area contributed by atoms with Crippen LogP contribution in [0.5, 0.6) is 0 Å². The summed E-state index contributed by atoms with van der Waals surface area (Å²) in [4.78, 5) is 14.0. The minimum atomic E-state index is -0.536. The molecule has 2 unspecified atom stereocenters. The van der Waals surface area contributed by atoms with Crippen LogP contribution in [0.3, 0.4) is 0 Å². The summed E-state index contributed by atoms with van der Waals surface area (Å²) in [5, 5.41) is 0. The summed E-state index contributed by atoms with van der Waals surface area (Å²) in [7, 11) is 0. The number of hydrogen-bond donors (Lipinski definition) is 1. The molecule has 4 heteroatoms. The van der Waals surface area contributed by atoms with Crippen LogP contribution in [0.1, 0.15) is 30.6 Å². The molecule has 18 heavy (non-hydrogen) atoms. The predicted octanol–water partition coefficient (Wildman–Crippen LogP) is 2.53. The van der Waals surface area contributed by atoms with Crippen LogP contribution in [-0.2, 0) is 0 Å².